The van der Waals surface area contributed by atoms with Crippen molar-refractivity contribution in [3.8, 4) is 0 Å². The molecule has 15 heteroatoms. The summed E-state index contributed by atoms with van der Waals surface area (Å²) in [4.78, 5) is 97.9. The summed E-state index contributed by atoms with van der Waals surface area (Å²) >= 11 is 0. The molecule has 60 heavy (non-hydrogen) atoms. The van der Waals surface area contributed by atoms with Crippen LogP contribution < -0.4 is 21.3 Å². The molecule has 0 spiro atoms. The zero-order chi connectivity index (χ0) is 42.5. The zero-order valence-corrected chi connectivity index (χ0v) is 34.6. The molecule has 0 aliphatic carbocycles. The maximum absolute atomic E-state index is 13.3. The fourth-order valence-corrected chi connectivity index (χ4v) is 8.69. The summed E-state index contributed by atoms with van der Waals surface area (Å²) in [6, 6.07) is 10.1. The molecular weight excluding hydrogens is 765 g/mol. The Morgan fingerprint density at radius 3 is 2.35 bits per heavy atom. The Labute approximate surface area is 349 Å². The Kier molecular flexibility index (Phi) is 13.0. The van der Waals surface area contributed by atoms with Crippen LogP contribution in [-0.4, -0.2) is 119 Å². The van der Waals surface area contributed by atoms with Crippen LogP contribution in [0, 0.1) is 20.8 Å². The van der Waals surface area contributed by atoms with Crippen molar-refractivity contribution >= 4 is 58.7 Å². The molecule has 1 unspecified atom stereocenters. The minimum atomic E-state index is -0.981. The van der Waals surface area contributed by atoms with E-state index in [1.807, 2.05) is 51.1 Å². The number of anilines is 1. The summed E-state index contributed by atoms with van der Waals surface area (Å²) < 4.78 is 0. The maximum Gasteiger partial charge on any atom is 0.262 e. The minimum Gasteiger partial charge on any atom is -0.358 e. The van der Waals surface area contributed by atoms with Gasteiger partial charge in [-0.1, -0.05) is 36.6 Å². The third-order valence-electron chi connectivity index (χ3n) is 12.0. The zero-order valence-electron chi connectivity index (χ0n) is 34.6. The van der Waals surface area contributed by atoms with Gasteiger partial charge in [0.25, 0.3) is 23.6 Å². The van der Waals surface area contributed by atoms with E-state index in [1.54, 1.807) is 12.1 Å². The molecule has 7 rings (SSSR count). The summed E-state index contributed by atoms with van der Waals surface area (Å²) in [5.41, 5.74) is 7.62. The lowest BCUT2D eigenvalue weighted by molar-refractivity contribution is -0.136. The average molecular weight is 819 g/mol. The Balaban J connectivity index is 0.753. The predicted molar refractivity (Wildman–Crippen MR) is 226 cm³/mol. The Morgan fingerprint density at radius 2 is 1.57 bits per heavy atom. The van der Waals surface area contributed by atoms with Crippen molar-refractivity contribution < 1.29 is 33.6 Å². The number of fused-ring (bicyclic) bond motifs is 2. The van der Waals surface area contributed by atoms with E-state index in [2.05, 4.69) is 36.1 Å². The molecule has 3 aromatic rings. The number of nitrogens with one attached hydrogen (secondary N) is 5. The molecule has 5 heterocycles. The molecule has 5 N–H and O–H groups in total. The van der Waals surface area contributed by atoms with Crippen LogP contribution in [0.25, 0.3) is 11.6 Å². The summed E-state index contributed by atoms with van der Waals surface area (Å²) in [5, 5.41) is 11.3. The van der Waals surface area contributed by atoms with Crippen LogP contribution in [0.1, 0.15) is 110 Å². The van der Waals surface area contributed by atoms with Gasteiger partial charge < -0.3 is 25.8 Å². The number of piperidine rings is 1. The average Bonchev–Trinajstić information content (AvgIpc) is 3.78. The number of unbranched alkanes of at least 4 members (excludes halogenated alkanes) is 3. The molecule has 0 saturated carbocycles. The number of aryl methyl sites for hydroxylation is 3. The molecule has 2 aromatic carbocycles. The quantitative estimate of drug-likeness (QED) is 0.0818. The van der Waals surface area contributed by atoms with Gasteiger partial charge in [0, 0.05) is 68.3 Å². The van der Waals surface area contributed by atoms with E-state index in [4.69, 9.17) is 0 Å². The molecule has 4 aliphatic heterocycles. The number of imide groups is 2. The number of piperazine rings is 1. The monoisotopic (exact) mass is 818 g/mol. The van der Waals surface area contributed by atoms with Crippen molar-refractivity contribution in [2.75, 3.05) is 57.7 Å². The molecule has 2 saturated heterocycles. The molecule has 1 aromatic heterocycles. The molecule has 2 fully saturated rings. The van der Waals surface area contributed by atoms with E-state index < -0.39 is 29.7 Å². The fourth-order valence-electron chi connectivity index (χ4n) is 8.69. The van der Waals surface area contributed by atoms with E-state index in [1.165, 1.54) is 0 Å². The highest BCUT2D eigenvalue weighted by molar-refractivity contribution is 6.35. The van der Waals surface area contributed by atoms with Gasteiger partial charge in [-0.3, -0.25) is 48.7 Å². The van der Waals surface area contributed by atoms with Crippen LogP contribution in [0.4, 0.5) is 5.69 Å². The fraction of sp³-hybridized carbons (Fsp3) is 0.444. The topological polar surface area (TPSA) is 193 Å². The second kappa shape index (κ2) is 18.6. The van der Waals surface area contributed by atoms with Gasteiger partial charge in [-0.05, 0) is 94.8 Å². The van der Waals surface area contributed by atoms with E-state index >= 15 is 0 Å². The van der Waals surface area contributed by atoms with Gasteiger partial charge in [-0.2, -0.15) is 0 Å². The Morgan fingerprint density at radius 1 is 0.817 bits per heavy atom. The molecule has 0 bridgehead atoms. The first-order valence-electron chi connectivity index (χ1n) is 21.1. The third-order valence-corrected chi connectivity index (χ3v) is 12.0. The highest BCUT2D eigenvalue weighted by Gasteiger charge is 2.45. The maximum atomic E-state index is 13.3. The van der Waals surface area contributed by atoms with Gasteiger partial charge in [-0.15, -0.1) is 0 Å². The normalized spacial score (nSPS) is 18.8. The van der Waals surface area contributed by atoms with Crippen molar-refractivity contribution in [2.24, 2.45) is 0 Å². The first kappa shape index (κ1) is 42.2. The lowest BCUT2D eigenvalue weighted by atomic mass is 9.97. The number of nitrogens with zero attached hydrogens (tertiary/aromatic N) is 3. The number of aromatic amines is 1. The van der Waals surface area contributed by atoms with E-state index in [0.717, 1.165) is 109 Å². The van der Waals surface area contributed by atoms with Crippen LogP contribution in [-0.2, 0) is 25.6 Å². The number of carbonyl (C=O) groups excluding carboxylic acids is 7. The summed E-state index contributed by atoms with van der Waals surface area (Å²) in [6.45, 7) is 11.4. The van der Waals surface area contributed by atoms with Crippen LogP contribution >= 0.6 is 0 Å². The number of benzene rings is 2. The van der Waals surface area contributed by atoms with Crippen molar-refractivity contribution in [1.82, 2.24) is 35.6 Å². The molecule has 15 nitrogen and oxygen atoms in total. The van der Waals surface area contributed by atoms with Gasteiger partial charge in [0.2, 0.25) is 17.7 Å². The molecule has 4 aliphatic rings. The molecular formula is C45H54N8O7. The third kappa shape index (κ3) is 9.27. The number of rotatable bonds is 16. The highest BCUT2D eigenvalue weighted by atomic mass is 16.2. The van der Waals surface area contributed by atoms with Crippen LogP contribution in [0.15, 0.2) is 36.4 Å². The van der Waals surface area contributed by atoms with Gasteiger partial charge in [0.1, 0.15) is 6.04 Å². The summed E-state index contributed by atoms with van der Waals surface area (Å²) in [6.07, 6.45) is 6.89. The second-order valence-corrected chi connectivity index (χ2v) is 16.3. The van der Waals surface area contributed by atoms with Crippen molar-refractivity contribution in [1.29, 1.82) is 0 Å². The number of carbonyl (C=O) groups is 7. The van der Waals surface area contributed by atoms with Crippen molar-refractivity contribution in [3.05, 3.63) is 86.7 Å². The van der Waals surface area contributed by atoms with Gasteiger partial charge in [0.05, 0.1) is 28.8 Å². The largest absolute Gasteiger partial charge is 0.358 e. The Hall–Kier alpha value is -5.93. The lowest BCUT2D eigenvalue weighted by Crippen LogP contribution is -2.54. The number of hydrogen-bond donors (Lipinski definition) is 5. The van der Waals surface area contributed by atoms with Crippen molar-refractivity contribution in [2.45, 2.75) is 78.2 Å². The molecule has 7 amide bonds. The van der Waals surface area contributed by atoms with Gasteiger partial charge >= 0.3 is 0 Å². The smallest absolute Gasteiger partial charge is 0.262 e. The van der Waals surface area contributed by atoms with E-state index in [9.17, 15) is 33.6 Å². The van der Waals surface area contributed by atoms with E-state index in [0.29, 0.717) is 48.3 Å². The summed E-state index contributed by atoms with van der Waals surface area (Å²) in [7, 11) is 0. The van der Waals surface area contributed by atoms with Crippen molar-refractivity contribution in [3.63, 3.8) is 0 Å². The lowest BCUT2D eigenvalue weighted by Gasteiger charge is -2.34. The van der Waals surface area contributed by atoms with E-state index in [-0.39, 0.29) is 30.6 Å². The standard InChI is InChI=1S/C45H54N8O7/c1-27-13-14-34-32(24-27)33(41(56)49-34)25-35-28(2)39(29(3)48-35)43(58)47-18-9-19-51-20-22-52(23-21-51)26-38(55)46-17-7-5-4-6-10-30-11-8-12-31-40(30)45(60)53(44(31)59)36-15-16-37(54)50-42(36)57/h8,11-14,24-25,36,48H,4-7,9-10,15-23,26H2,1-3H3,(H,46,55)(H,47,58)(H,49,56)(H,50,54,57)/b33-25-. The molecule has 1 atom stereocenters. The Bertz CT molecular complexity index is 2250. The summed E-state index contributed by atoms with van der Waals surface area (Å²) in [5.74, 6) is -2.28. The first-order valence-corrected chi connectivity index (χ1v) is 21.1. The number of H-pyrrole nitrogens is 1. The van der Waals surface area contributed by atoms with Crippen LogP contribution in [0.3, 0.4) is 0 Å². The SMILES string of the molecule is Cc1ccc2c(c1)/C(=C/c1[nH]c(C)c(C(=O)NCCCN3CCN(CC(=O)NCCCCCCc4cccc5c4C(=O)N(C4CCC(=O)NC4=O)C5=O)CC3)c1C)C(=O)N2. The van der Waals surface area contributed by atoms with Gasteiger partial charge in [0.15, 0.2) is 0 Å². The highest BCUT2D eigenvalue weighted by Crippen LogP contribution is 2.35. The molecule has 316 valence electrons. The van der Waals surface area contributed by atoms with Crippen LogP contribution in [0.5, 0.6) is 0 Å². The minimum absolute atomic E-state index is 0.0101. The first-order chi connectivity index (χ1) is 28.9. The number of amides is 7. The second-order valence-electron chi connectivity index (χ2n) is 16.3. The van der Waals surface area contributed by atoms with Gasteiger partial charge in [-0.25, -0.2) is 0 Å². The molecule has 0 radical (unpaired) electrons. The number of hydrogen-bond acceptors (Lipinski definition) is 9. The number of aromatic nitrogens is 1. The predicted octanol–water partition coefficient (Wildman–Crippen LogP) is 3.49. The van der Waals surface area contributed by atoms with Crippen LogP contribution in [0.2, 0.25) is 0 Å².